The molecule has 3 aromatic carbocycles. The van der Waals surface area contributed by atoms with E-state index in [1.54, 1.807) is 6.07 Å². The van der Waals surface area contributed by atoms with Crippen LogP contribution in [0.1, 0.15) is 24.8 Å². The second-order valence-electron chi connectivity index (χ2n) is 6.69. The lowest BCUT2D eigenvalue weighted by atomic mass is 9.90. The number of hydrogen-bond donors (Lipinski definition) is 2. The van der Waals surface area contributed by atoms with Crippen molar-refractivity contribution in [1.82, 2.24) is 5.32 Å². The molecule has 0 radical (unpaired) electrons. The Hall–Kier alpha value is -2.58. The van der Waals surface area contributed by atoms with Crippen molar-refractivity contribution in [2.75, 3.05) is 13.1 Å². The van der Waals surface area contributed by atoms with Crippen LogP contribution in [0.2, 0.25) is 0 Å². The third-order valence-corrected chi connectivity index (χ3v) is 4.72. The quantitative estimate of drug-likeness (QED) is 0.616. The number of piperidine rings is 1. The summed E-state index contributed by atoms with van der Waals surface area (Å²) in [6.07, 6.45) is 4.22. The van der Waals surface area contributed by atoms with Gasteiger partial charge in [0.2, 0.25) is 0 Å². The average molecular weight is 345 g/mol. The van der Waals surface area contributed by atoms with Gasteiger partial charge in [-0.15, -0.1) is 0 Å². The van der Waals surface area contributed by atoms with Crippen LogP contribution in [0, 0.1) is 6.92 Å². The van der Waals surface area contributed by atoms with Crippen molar-refractivity contribution in [3.63, 3.8) is 0 Å². The smallest absolute Gasteiger partial charge is 0.124 e. The van der Waals surface area contributed by atoms with Gasteiger partial charge in [0.05, 0.1) is 0 Å². The molecule has 26 heavy (non-hydrogen) atoms. The zero-order valence-corrected chi connectivity index (χ0v) is 15.4. The molecule has 0 atom stereocenters. The van der Waals surface area contributed by atoms with Crippen molar-refractivity contribution < 1.29 is 5.11 Å². The van der Waals surface area contributed by atoms with E-state index < -0.39 is 0 Å². The number of nitrogens with one attached hydrogen (secondary N) is 1. The summed E-state index contributed by atoms with van der Waals surface area (Å²) in [5.41, 5.74) is 5.31. The minimum atomic E-state index is 0.320. The standard InChI is InChI=1S/C19H16O.C5H11N/c1-14-12-13-17(20)19(16-10-6-3-7-11-16)18(14)15-8-4-2-5-9-15;1-2-4-6-5-3-1/h2-13,20H,1H3;6H,1-5H2. The van der Waals surface area contributed by atoms with E-state index in [0.717, 1.165) is 27.8 Å². The van der Waals surface area contributed by atoms with Gasteiger partial charge in [-0.3, -0.25) is 0 Å². The highest BCUT2D eigenvalue weighted by Gasteiger charge is 2.14. The number of rotatable bonds is 2. The number of aromatic hydroxyl groups is 1. The van der Waals surface area contributed by atoms with Gasteiger partial charge in [0.25, 0.3) is 0 Å². The fourth-order valence-corrected chi connectivity index (χ4v) is 3.37. The van der Waals surface area contributed by atoms with E-state index in [2.05, 4.69) is 24.4 Å². The fraction of sp³-hybridized carbons (Fsp3) is 0.250. The molecule has 1 saturated heterocycles. The highest BCUT2D eigenvalue weighted by atomic mass is 16.3. The topological polar surface area (TPSA) is 32.3 Å². The molecule has 0 bridgehead atoms. The SMILES string of the molecule is C1CCNCC1.Cc1ccc(O)c(-c2ccccc2)c1-c1ccccc1. The highest BCUT2D eigenvalue weighted by Crippen LogP contribution is 2.40. The molecule has 1 fully saturated rings. The monoisotopic (exact) mass is 345 g/mol. The van der Waals surface area contributed by atoms with Crippen molar-refractivity contribution in [2.45, 2.75) is 26.2 Å². The zero-order valence-electron chi connectivity index (χ0n) is 15.4. The van der Waals surface area contributed by atoms with Gasteiger partial charge in [0.1, 0.15) is 5.75 Å². The van der Waals surface area contributed by atoms with E-state index in [-0.39, 0.29) is 0 Å². The lowest BCUT2D eigenvalue weighted by molar-refractivity contribution is 0.477. The Morgan fingerprint density at radius 3 is 1.65 bits per heavy atom. The maximum absolute atomic E-state index is 10.3. The van der Waals surface area contributed by atoms with E-state index in [4.69, 9.17) is 0 Å². The van der Waals surface area contributed by atoms with E-state index in [1.165, 1.54) is 32.4 Å². The first-order valence-electron chi connectivity index (χ1n) is 9.41. The van der Waals surface area contributed by atoms with Crippen LogP contribution < -0.4 is 5.32 Å². The van der Waals surface area contributed by atoms with E-state index in [1.807, 2.05) is 54.6 Å². The number of phenolic OH excluding ortho intramolecular Hbond substituents is 1. The van der Waals surface area contributed by atoms with E-state index in [9.17, 15) is 5.11 Å². The molecule has 1 aliphatic heterocycles. The van der Waals surface area contributed by atoms with Gasteiger partial charge in [-0.05, 0) is 61.2 Å². The van der Waals surface area contributed by atoms with Gasteiger partial charge in [-0.1, -0.05) is 73.2 Å². The fourth-order valence-electron chi connectivity index (χ4n) is 3.37. The maximum Gasteiger partial charge on any atom is 0.124 e. The third-order valence-electron chi connectivity index (χ3n) is 4.72. The van der Waals surface area contributed by atoms with Crippen molar-refractivity contribution in [1.29, 1.82) is 0 Å². The van der Waals surface area contributed by atoms with Crippen molar-refractivity contribution in [3.05, 3.63) is 78.4 Å². The molecule has 3 aromatic rings. The van der Waals surface area contributed by atoms with Crippen molar-refractivity contribution >= 4 is 0 Å². The molecule has 1 heterocycles. The van der Waals surface area contributed by atoms with Crippen LogP contribution >= 0.6 is 0 Å². The number of hydrogen-bond acceptors (Lipinski definition) is 2. The molecule has 0 amide bonds. The molecule has 0 saturated carbocycles. The van der Waals surface area contributed by atoms with Crippen LogP contribution in [0.25, 0.3) is 22.3 Å². The van der Waals surface area contributed by atoms with Crippen molar-refractivity contribution in [2.24, 2.45) is 0 Å². The van der Waals surface area contributed by atoms with Crippen molar-refractivity contribution in [3.8, 4) is 28.0 Å². The van der Waals surface area contributed by atoms with Gasteiger partial charge in [0.15, 0.2) is 0 Å². The van der Waals surface area contributed by atoms with Gasteiger partial charge < -0.3 is 10.4 Å². The van der Waals surface area contributed by atoms with Gasteiger partial charge in [0, 0.05) is 5.56 Å². The summed E-state index contributed by atoms with van der Waals surface area (Å²) in [5, 5.41) is 13.6. The maximum atomic E-state index is 10.3. The first kappa shape index (κ1) is 18.2. The third kappa shape index (κ3) is 4.53. The normalized spacial score (nSPS) is 13.6. The molecule has 0 aromatic heterocycles. The molecule has 4 rings (SSSR count). The van der Waals surface area contributed by atoms with Crippen LogP contribution in [0.5, 0.6) is 5.75 Å². The van der Waals surface area contributed by atoms with Gasteiger partial charge in [-0.25, -0.2) is 0 Å². The van der Waals surface area contributed by atoms with Gasteiger partial charge in [-0.2, -0.15) is 0 Å². The van der Waals surface area contributed by atoms with Crippen LogP contribution in [-0.2, 0) is 0 Å². The lowest BCUT2D eigenvalue weighted by Crippen LogP contribution is -2.21. The second-order valence-corrected chi connectivity index (χ2v) is 6.69. The second kappa shape index (κ2) is 9.21. The minimum absolute atomic E-state index is 0.320. The molecular formula is C24H27NO. The zero-order chi connectivity index (χ0) is 18.2. The van der Waals surface area contributed by atoms with E-state index >= 15 is 0 Å². The molecule has 2 heteroatoms. The first-order chi connectivity index (χ1) is 12.8. The molecular weight excluding hydrogens is 318 g/mol. The molecule has 2 nitrogen and oxygen atoms in total. The van der Waals surface area contributed by atoms with Crippen LogP contribution in [-0.4, -0.2) is 18.2 Å². The first-order valence-corrected chi connectivity index (χ1v) is 9.41. The highest BCUT2D eigenvalue weighted by molar-refractivity contribution is 5.89. The largest absolute Gasteiger partial charge is 0.507 e. The molecule has 0 aliphatic carbocycles. The predicted octanol–water partition coefficient (Wildman–Crippen LogP) is 5.79. The summed E-state index contributed by atoms with van der Waals surface area (Å²) in [6, 6.07) is 24.0. The Bertz CT molecular complexity index is 732. The summed E-state index contributed by atoms with van der Waals surface area (Å²) in [6.45, 7) is 4.58. The average Bonchev–Trinajstić information content (AvgIpc) is 2.72. The molecule has 0 spiro atoms. The minimum Gasteiger partial charge on any atom is -0.507 e. The van der Waals surface area contributed by atoms with Crippen LogP contribution in [0.3, 0.4) is 0 Å². The summed E-state index contributed by atoms with van der Waals surface area (Å²) in [4.78, 5) is 0. The summed E-state index contributed by atoms with van der Waals surface area (Å²) in [5.74, 6) is 0.320. The predicted molar refractivity (Wildman–Crippen MR) is 110 cm³/mol. The molecule has 2 N–H and O–H groups in total. The Morgan fingerprint density at radius 1 is 0.654 bits per heavy atom. The summed E-state index contributed by atoms with van der Waals surface area (Å²) >= 11 is 0. The van der Waals surface area contributed by atoms with Crippen LogP contribution in [0.15, 0.2) is 72.8 Å². The number of phenols is 1. The lowest BCUT2D eigenvalue weighted by Gasteiger charge is -2.15. The Morgan fingerprint density at radius 2 is 1.19 bits per heavy atom. The molecule has 1 aliphatic rings. The van der Waals surface area contributed by atoms with E-state index in [0.29, 0.717) is 5.75 Å². The Kier molecular flexibility index (Phi) is 6.45. The van der Waals surface area contributed by atoms with Gasteiger partial charge >= 0.3 is 0 Å². The summed E-state index contributed by atoms with van der Waals surface area (Å²) in [7, 11) is 0. The number of benzene rings is 3. The van der Waals surface area contributed by atoms with Crippen LogP contribution in [0.4, 0.5) is 0 Å². The summed E-state index contributed by atoms with van der Waals surface area (Å²) < 4.78 is 0. The molecule has 134 valence electrons. The number of aryl methyl sites for hydroxylation is 1. The Labute approximate surface area is 156 Å². The molecule has 0 unspecified atom stereocenters. The Balaban J connectivity index is 0.000000278.